The van der Waals surface area contributed by atoms with Crippen LogP contribution in [0.5, 0.6) is 0 Å². The van der Waals surface area contributed by atoms with Gasteiger partial charge >= 0.3 is 0 Å². The van der Waals surface area contributed by atoms with Gasteiger partial charge in [0.2, 0.25) is 0 Å². The highest BCUT2D eigenvalue weighted by Crippen LogP contribution is 2.27. The van der Waals surface area contributed by atoms with Crippen LogP contribution in [0, 0.1) is 22.7 Å². The standard InChI is InChI=1S/C16H8Cl2N2/c17-13-5-1-11(2-6-13)15(9-19)16(10-20)12-3-7-14(18)8-4-12/h1-8H/b16-15+. The van der Waals surface area contributed by atoms with Gasteiger partial charge in [0.15, 0.2) is 0 Å². The number of nitrogens with zero attached hydrogens (tertiary/aromatic N) is 2. The molecule has 0 aliphatic heterocycles. The van der Waals surface area contributed by atoms with Crippen LogP contribution in [0.2, 0.25) is 10.0 Å². The molecule has 0 atom stereocenters. The van der Waals surface area contributed by atoms with E-state index in [1.165, 1.54) is 0 Å². The van der Waals surface area contributed by atoms with Crippen molar-refractivity contribution in [2.45, 2.75) is 0 Å². The van der Waals surface area contributed by atoms with Crippen molar-refractivity contribution in [3.63, 3.8) is 0 Å². The van der Waals surface area contributed by atoms with E-state index in [-0.39, 0.29) is 0 Å². The van der Waals surface area contributed by atoms with Crippen molar-refractivity contribution in [1.82, 2.24) is 0 Å². The fourth-order valence-electron chi connectivity index (χ4n) is 1.76. The summed E-state index contributed by atoms with van der Waals surface area (Å²) in [5.74, 6) is 0. The van der Waals surface area contributed by atoms with Gasteiger partial charge < -0.3 is 0 Å². The van der Waals surface area contributed by atoms with Gasteiger partial charge in [-0.25, -0.2) is 0 Å². The molecule has 2 rings (SSSR count). The second-order valence-corrected chi connectivity index (χ2v) is 4.86. The molecule has 0 aliphatic carbocycles. The maximum atomic E-state index is 9.35. The summed E-state index contributed by atoms with van der Waals surface area (Å²) in [5.41, 5.74) is 1.93. The van der Waals surface area contributed by atoms with Crippen molar-refractivity contribution in [1.29, 1.82) is 10.5 Å². The first kappa shape index (κ1) is 14.2. The topological polar surface area (TPSA) is 47.6 Å². The summed E-state index contributed by atoms with van der Waals surface area (Å²) in [6.07, 6.45) is 0. The van der Waals surface area contributed by atoms with Crippen molar-refractivity contribution in [3.05, 3.63) is 69.7 Å². The Balaban J connectivity index is 2.60. The molecule has 4 heteroatoms. The van der Waals surface area contributed by atoms with Gasteiger partial charge in [0.1, 0.15) is 12.1 Å². The Morgan fingerprint density at radius 3 is 1.20 bits per heavy atom. The molecule has 0 amide bonds. The zero-order valence-electron chi connectivity index (χ0n) is 10.3. The SMILES string of the molecule is N#C/C(=C(/C#N)c1ccc(Cl)cc1)c1ccc(Cl)cc1. The molecule has 0 N–H and O–H groups in total. The number of allylic oxidation sites excluding steroid dienone is 2. The Morgan fingerprint density at radius 2 is 0.950 bits per heavy atom. The van der Waals surface area contributed by atoms with E-state index in [2.05, 4.69) is 12.1 Å². The lowest BCUT2D eigenvalue weighted by molar-refractivity contribution is 1.50. The lowest BCUT2D eigenvalue weighted by Crippen LogP contribution is -1.89. The van der Waals surface area contributed by atoms with E-state index >= 15 is 0 Å². The normalized spacial score (nSPS) is 11.2. The van der Waals surface area contributed by atoms with Gasteiger partial charge in [-0.1, -0.05) is 47.5 Å². The third-order valence-electron chi connectivity index (χ3n) is 2.74. The monoisotopic (exact) mass is 298 g/mol. The summed E-state index contributed by atoms with van der Waals surface area (Å²) in [4.78, 5) is 0. The van der Waals surface area contributed by atoms with E-state index in [0.717, 1.165) is 0 Å². The van der Waals surface area contributed by atoms with Gasteiger partial charge in [-0.3, -0.25) is 0 Å². The largest absolute Gasteiger partial charge is 0.192 e. The molecular formula is C16H8Cl2N2. The fraction of sp³-hybridized carbons (Fsp3) is 0. The Kier molecular flexibility index (Phi) is 4.43. The highest BCUT2D eigenvalue weighted by molar-refractivity contribution is 6.31. The predicted octanol–water partition coefficient (Wildman–Crippen LogP) is 4.95. The highest BCUT2D eigenvalue weighted by Gasteiger charge is 2.11. The zero-order chi connectivity index (χ0) is 14.5. The molecule has 0 spiro atoms. The smallest absolute Gasteiger partial charge is 0.101 e. The average molecular weight is 299 g/mol. The molecule has 0 aromatic heterocycles. The molecule has 0 saturated carbocycles. The Labute approximate surface area is 127 Å². The van der Waals surface area contributed by atoms with Crippen LogP contribution < -0.4 is 0 Å². The first-order valence-electron chi connectivity index (χ1n) is 5.72. The molecule has 2 aromatic rings. The highest BCUT2D eigenvalue weighted by atomic mass is 35.5. The molecule has 0 bridgehead atoms. The van der Waals surface area contributed by atoms with E-state index in [9.17, 15) is 10.5 Å². The minimum atomic E-state index is 0.312. The molecule has 2 aromatic carbocycles. The maximum Gasteiger partial charge on any atom is 0.101 e. The summed E-state index contributed by atoms with van der Waals surface area (Å²) >= 11 is 11.7. The summed E-state index contributed by atoms with van der Waals surface area (Å²) < 4.78 is 0. The maximum absolute atomic E-state index is 9.35. The molecule has 0 radical (unpaired) electrons. The van der Waals surface area contributed by atoms with Gasteiger partial charge in [-0.15, -0.1) is 0 Å². The number of hydrogen-bond donors (Lipinski definition) is 0. The second kappa shape index (κ2) is 6.26. The lowest BCUT2D eigenvalue weighted by Gasteiger charge is -2.05. The van der Waals surface area contributed by atoms with Crippen LogP contribution in [0.15, 0.2) is 48.5 Å². The lowest BCUT2D eigenvalue weighted by atomic mass is 9.96. The van der Waals surface area contributed by atoms with Crippen LogP contribution in [-0.2, 0) is 0 Å². The summed E-state index contributed by atoms with van der Waals surface area (Å²) in [6, 6.07) is 17.8. The van der Waals surface area contributed by atoms with Gasteiger partial charge in [0, 0.05) is 10.0 Å². The Hall–Kier alpha value is -2.26. The molecule has 0 saturated heterocycles. The van der Waals surface area contributed by atoms with Gasteiger partial charge in [0.05, 0.1) is 11.1 Å². The third kappa shape index (κ3) is 3.00. The summed E-state index contributed by atoms with van der Waals surface area (Å²) in [5, 5.41) is 19.9. The van der Waals surface area contributed by atoms with Gasteiger partial charge in [-0.2, -0.15) is 10.5 Å². The molecule has 96 valence electrons. The first-order chi connectivity index (χ1) is 9.65. The predicted molar refractivity (Wildman–Crippen MR) is 80.9 cm³/mol. The summed E-state index contributed by atoms with van der Waals surface area (Å²) in [7, 11) is 0. The van der Waals surface area contributed by atoms with Crippen LogP contribution in [0.25, 0.3) is 11.1 Å². The number of halogens is 2. The van der Waals surface area contributed by atoms with Crippen LogP contribution in [-0.4, -0.2) is 0 Å². The quantitative estimate of drug-likeness (QED) is 0.581. The van der Waals surface area contributed by atoms with E-state index in [0.29, 0.717) is 32.3 Å². The number of rotatable bonds is 2. The summed E-state index contributed by atoms with van der Waals surface area (Å²) in [6.45, 7) is 0. The second-order valence-electron chi connectivity index (χ2n) is 3.99. The van der Waals surface area contributed by atoms with E-state index < -0.39 is 0 Å². The molecule has 0 heterocycles. The van der Waals surface area contributed by atoms with Crippen LogP contribution in [0.4, 0.5) is 0 Å². The molecule has 2 nitrogen and oxygen atoms in total. The third-order valence-corrected chi connectivity index (χ3v) is 3.24. The zero-order valence-corrected chi connectivity index (χ0v) is 11.8. The Bertz CT molecular complexity index is 665. The van der Waals surface area contributed by atoms with Gasteiger partial charge in [0.25, 0.3) is 0 Å². The van der Waals surface area contributed by atoms with Crippen LogP contribution >= 0.6 is 23.2 Å². The minimum absolute atomic E-state index is 0.312. The van der Waals surface area contributed by atoms with Crippen molar-refractivity contribution in [2.24, 2.45) is 0 Å². The molecular weight excluding hydrogens is 291 g/mol. The fourth-order valence-corrected chi connectivity index (χ4v) is 2.01. The average Bonchev–Trinajstić information content (AvgIpc) is 2.47. The molecule has 20 heavy (non-hydrogen) atoms. The number of hydrogen-bond acceptors (Lipinski definition) is 2. The van der Waals surface area contributed by atoms with Crippen molar-refractivity contribution >= 4 is 34.3 Å². The molecule has 0 aliphatic rings. The van der Waals surface area contributed by atoms with Crippen molar-refractivity contribution in [3.8, 4) is 12.1 Å². The molecule has 0 unspecified atom stereocenters. The van der Waals surface area contributed by atoms with E-state index in [1.54, 1.807) is 48.5 Å². The first-order valence-corrected chi connectivity index (χ1v) is 6.47. The van der Waals surface area contributed by atoms with Crippen molar-refractivity contribution in [2.75, 3.05) is 0 Å². The van der Waals surface area contributed by atoms with Crippen LogP contribution in [0.3, 0.4) is 0 Å². The van der Waals surface area contributed by atoms with E-state index in [1.807, 2.05) is 0 Å². The Morgan fingerprint density at radius 1 is 0.650 bits per heavy atom. The van der Waals surface area contributed by atoms with E-state index in [4.69, 9.17) is 23.2 Å². The number of nitriles is 2. The van der Waals surface area contributed by atoms with Crippen molar-refractivity contribution < 1.29 is 0 Å². The van der Waals surface area contributed by atoms with Gasteiger partial charge in [-0.05, 0) is 35.4 Å². The van der Waals surface area contributed by atoms with Crippen LogP contribution in [0.1, 0.15) is 11.1 Å². The minimum Gasteiger partial charge on any atom is -0.192 e. The molecule has 0 fully saturated rings. The number of benzene rings is 2.